The van der Waals surface area contributed by atoms with Gasteiger partial charge in [0.1, 0.15) is 5.69 Å². The molecule has 2 aromatic heterocycles. The number of esters is 1. The fourth-order valence-electron chi connectivity index (χ4n) is 1.82. The second kappa shape index (κ2) is 8.07. The van der Waals surface area contributed by atoms with E-state index in [1.165, 1.54) is 6.20 Å². The SMILES string of the molecule is CCOC(=O)c1nc(-c2ccnc(Cl)n2)cn1C[C@H](C)N.Cl. The number of carbonyl (C=O) groups is 1. The van der Waals surface area contributed by atoms with Gasteiger partial charge in [-0.15, -0.1) is 12.4 Å². The van der Waals surface area contributed by atoms with Crippen molar-refractivity contribution in [1.82, 2.24) is 19.5 Å². The van der Waals surface area contributed by atoms with Crippen LogP contribution in [0.15, 0.2) is 18.5 Å². The predicted molar refractivity (Wildman–Crippen MR) is 85.1 cm³/mol. The van der Waals surface area contributed by atoms with Gasteiger partial charge in [0.2, 0.25) is 11.1 Å². The van der Waals surface area contributed by atoms with Gasteiger partial charge in [0.05, 0.1) is 12.3 Å². The molecule has 0 spiro atoms. The molecular formula is C13H17Cl2N5O2. The number of halogens is 2. The number of rotatable bonds is 5. The van der Waals surface area contributed by atoms with Crippen LogP contribution in [0.25, 0.3) is 11.4 Å². The zero-order valence-corrected chi connectivity index (χ0v) is 13.8. The van der Waals surface area contributed by atoms with Gasteiger partial charge < -0.3 is 15.0 Å². The van der Waals surface area contributed by atoms with Crippen LogP contribution >= 0.6 is 24.0 Å². The molecule has 2 aromatic rings. The molecular weight excluding hydrogens is 329 g/mol. The van der Waals surface area contributed by atoms with Crippen LogP contribution in [0.2, 0.25) is 5.28 Å². The summed E-state index contributed by atoms with van der Waals surface area (Å²) < 4.78 is 6.66. The van der Waals surface area contributed by atoms with Crippen molar-refractivity contribution in [1.29, 1.82) is 0 Å². The van der Waals surface area contributed by atoms with Crippen molar-refractivity contribution in [2.75, 3.05) is 6.61 Å². The van der Waals surface area contributed by atoms with Gasteiger partial charge in [0.15, 0.2) is 0 Å². The monoisotopic (exact) mass is 345 g/mol. The van der Waals surface area contributed by atoms with Crippen molar-refractivity contribution in [3.63, 3.8) is 0 Å². The lowest BCUT2D eigenvalue weighted by atomic mass is 10.3. The molecule has 0 aromatic carbocycles. The van der Waals surface area contributed by atoms with Crippen LogP contribution in [-0.4, -0.2) is 38.1 Å². The maximum absolute atomic E-state index is 12.0. The molecule has 120 valence electrons. The van der Waals surface area contributed by atoms with E-state index in [4.69, 9.17) is 22.1 Å². The van der Waals surface area contributed by atoms with Crippen LogP contribution in [0.5, 0.6) is 0 Å². The Labute approximate surface area is 139 Å². The summed E-state index contributed by atoms with van der Waals surface area (Å²) in [6, 6.07) is 1.54. The van der Waals surface area contributed by atoms with Crippen LogP contribution in [0.1, 0.15) is 24.5 Å². The molecule has 0 bridgehead atoms. The number of nitrogens with two attached hydrogens (primary N) is 1. The van der Waals surface area contributed by atoms with Crippen molar-refractivity contribution in [2.45, 2.75) is 26.4 Å². The summed E-state index contributed by atoms with van der Waals surface area (Å²) in [5, 5.41) is 0.118. The zero-order valence-electron chi connectivity index (χ0n) is 12.2. The number of imidazole rings is 1. The minimum absolute atomic E-state index is 0. The largest absolute Gasteiger partial charge is 0.460 e. The van der Waals surface area contributed by atoms with Crippen LogP contribution < -0.4 is 5.73 Å². The minimum Gasteiger partial charge on any atom is -0.460 e. The molecule has 0 saturated heterocycles. The number of nitrogens with zero attached hydrogens (tertiary/aromatic N) is 4. The van der Waals surface area contributed by atoms with Crippen LogP contribution in [0.3, 0.4) is 0 Å². The third-order valence-corrected chi connectivity index (χ3v) is 2.79. The Morgan fingerprint density at radius 3 is 2.77 bits per heavy atom. The Hall–Kier alpha value is -1.70. The number of hydrogen-bond acceptors (Lipinski definition) is 6. The van der Waals surface area contributed by atoms with E-state index in [0.717, 1.165) is 0 Å². The molecule has 1 atom stereocenters. The quantitative estimate of drug-likeness (QED) is 0.657. The molecule has 2 N–H and O–H groups in total. The molecule has 0 unspecified atom stereocenters. The molecule has 2 rings (SSSR count). The van der Waals surface area contributed by atoms with Crippen molar-refractivity contribution in [3.05, 3.63) is 29.6 Å². The van der Waals surface area contributed by atoms with Crippen LogP contribution in [0, 0.1) is 0 Å². The topological polar surface area (TPSA) is 95.9 Å². The summed E-state index contributed by atoms with van der Waals surface area (Å²) in [5.41, 5.74) is 6.84. The average molecular weight is 346 g/mol. The predicted octanol–water partition coefficient (Wildman–Crippen LogP) is 1.94. The highest BCUT2D eigenvalue weighted by molar-refractivity contribution is 6.28. The molecule has 0 aliphatic carbocycles. The number of carbonyl (C=O) groups excluding carboxylic acids is 1. The van der Waals surface area contributed by atoms with Crippen LogP contribution in [0.4, 0.5) is 0 Å². The molecule has 0 aliphatic rings. The molecule has 0 radical (unpaired) electrons. The third kappa shape index (κ3) is 4.40. The third-order valence-electron chi connectivity index (χ3n) is 2.61. The van der Waals surface area contributed by atoms with Gasteiger partial charge >= 0.3 is 5.97 Å². The summed E-state index contributed by atoms with van der Waals surface area (Å²) in [6.45, 7) is 4.30. The summed E-state index contributed by atoms with van der Waals surface area (Å²) in [4.78, 5) is 24.1. The van der Waals surface area contributed by atoms with E-state index in [9.17, 15) is 4.79 Å². The van der Waals surface area contributed by atoms with Crippen molar-refractivity contribution < 1.29 is 9.53 Å². The highest BCUT2D eigenvalue weighted by Gasteiger charge is 2.19. The fourth-order valence-corrected chi connectivity index (χ4v) is 1.97. The number of ether oxygens (including phenoxy) is 1. The lowest BCUT2D eigenvalue weighted by Crippen LogP contribution is -2.24. The molecule has 0 amide bonds. The van der Waals surface area contributed by atoms with E-state index in [1.54, 1.807) is 23.8 Å². The first-order valence-corrected chi connectivity index (χ1v) is 6.87. The number of aromatic nitrogens is 4. The van der Waals surface area contributed by atoms with Crippen molar-refractivity contribution in [2.24, 2.45) is 5.73 Å². The summed E-state index contributed by atoms with van der Waals surface area (Å²) in [7, 11) is 0. The van der Waals surface area contributed by atoms with Crippen molar-refractivity contribution in [3.8, 4) is 11.4 Å². The zero-order chi connectivity index (χ0) is 15.4. The smallest absolute Gasteiger partial charge is 0.374 e. The van der Waals surface area contributed by atoms with Gasteiger partial charge in [0.25, 0.3) is 0 Å². The molecule has 0 aliphatic heterocycles. The van der Waals surface area contributed by atoms with Crippen LogP contribution in [-0.2, 0) is 11.3 Å². The molecule has 0 fully saturated rings. The lowest BCUT2D eigenvalue weighted by molar-refractivity contribution is 0.0506. The molecule has 22 heavy (non-hydrogen) atoms. The summed E-state index contributed by atoms with van der Waals surface area (Å²) >= 11 is 5.77. The lowest BCUT2D eigenvalue weighted by Gasteiger charge is -2.09. The van der Waals surface area contributed by atoms with Gasteiger partial charge in [-0.25, -0.2) is 19.7 Å². The Morgan fingerprint density at radius 2 is 2.18 bits per heavy atom. The van der Waals surface area contributed by atoms with Gasteiger partial charge in [-0.1, -0.05) is 0 Å². The van der Waals surface area contributed by atoms with Gasteiger partial charge in [-0.3, -0.25) is 0 Å². The standard InChI is InChI=1S/C13H16ClN5O2.ClH/c1-3-21-12(20)11-17-10(7-19(11)6-8(2)15)9-4-5-16-13(14)18-9;/h4-5,7-8H,3,6,15H2,1-2H3;1H/t8-;/m0./s1. The van der Waals surface area contributed by atoms with E-state index in [2.05, 4.69) is 15.0 Å². The maximum atomic E-state index is 12.0. The first-order chi connectivity index (χ1) is 10.0. The second-order valence-corrected chi connectivity index (χ2v) is 4.85. The molecule has 2 heterocycles. The Morgan fingerprint density at radius 1 is 1.45 bits per heavy atom. The highest BCUT2D eigenvalue weighted by Crippen LogP contribution is 2.18. The normalized spacial score (nSPS) is 11.6. The van der Waals surface area contributed by atoms with E-state index in [0.29, 0.717) is 17.9 Å². The molecule has 9 heteroatoms. The van der Waals surface area contributed by atoms with Crippen molar-refractivity contribution >= 4 is 30.0 Å². The first kappa shape index (κ1) is 18.3. The van der Waals surface area contributed by atoms with E-state index in [1.807, 2.05) is 6.92 Å². The Kier molecular flexibility index (Phi) is 6.73. The summed E-state index contributed by atoms with van der Waals surface area (Å²) in [5.74, 6) is -0.302. The first-order valence-electron chi connectivity index (χ1n) is 6.50. The molecule has 7 nitrogen and oxygen atoms in total. The van der Waals surface area contributed by atoms with E-state index in [-0.39, 0.29) is 36.2 Å². The summed E-state index contributed by atoms with van der Waals surface area (Å²) in [6.07, 6.45) is 3.23. The fraction of sp³-hybridized carbons (Fsp3) is 0.385. The van der Waals surface area contributed by atoms with E-state index < -0.39 is 5.97 Å². The van der Waals surface area contributed by atoms with Gasteiger partial charge in [0, 0.05) is 25.0 Å². The van der Waals surface area contributed by atoms with Gasteiger partial charge in [-0.05, 0) is 31.5 Å². The average Bonchev–Trinajstić information content (AvgIpc) is 2.82. The van der Waals surface area contributed by atoms with Gasteiger partial charge in [-0.2, -0.15) is 0 Å². The Balaban J connectivity index is 0.00000242. The minimum atomic E-state index is -0.496. The number of hydrogen-bond donors (Lipinski definition) is 1. The second-order valence-electron chi connectivity index (χ2n) is 4.51. The maximum Gasteiger partial charge on any atom is 0.374 e. The highest BCUT2D eigenvalue weighted by atomic mass is 35.5. The molecule has 0 saturated carbocycles. The van der Waals surface area contributed by atoms with E-state index >= 15 is 0 Å². The Bertz CT molecular complexity index is 645.